The summed E-state index contributed by atoms with van der Waals surface area (Å²) in [7, 11) is 0. The van der Waals surface area contributed by atoms with Gasteiger partial charge in [0.2, 0.25) is 5.95 Å². The average Bonchev–Trinajstić information content (AvgIpc) is 2.64. The van der Waals surface area contributed by atoms with Crippen molar-refractivity contribution in [2.75, 3.05) is 10.6 Å². The lowest BCUT2D eigenvalue weighted by Crippen LogP contribution is -2.17. The summed E-state index contributed by atoms with van der Waals surface area (Å²) < 4.78 is 0. The summed E-state index contributed by atoms with van der Waals surface area (Å²) in [5.74, 6) is 1.09. The Bertz CT molecular complexity index is 942. The van der Waals surface area contributed by atoms with Crippen molar-refractivity contribution in [2.45, 2.75) is 19.3 Å². The van der Waals surface area contributed by atoms with Gasteiger partial charge in [0.1, 0.15) is 5.82 Å². The lowest BCUT2D eigenvalue weighted by molar-refractivity contribution is 0.0972. The van der Waals surface area contributed by atoms with Crippen LogP contribution in [0.5, 0.6) is 0 Å². The first-order valence-corrected chi connectivity index (χ1v) is 8.85. The fourth-order valence-electron chi connectivity index (χ4n) is 2.99. The molecule has 6 heteroatoms. The summed E-state index contributed by atoms with van der Waals surface area (Å²) >= 11 is 5.93. The van der Waals surface area contributed by atoms with Crippen molar-refractivity contribution < 1.29 is 4.79 Å². The van der Waals surface area contributed by atoms with Crippen LogP contribution in [0.3, 0.4) is 0 Å². The molecule has 3 aromatic rings. The van der Waals surface area contributed by atoms with Crippen molar-refractivity contribution in [2.24, 2.45) is 0 Å². The van der Waals surface area contributed by atoms with Crippen LogP contribution in [0.25, 0.3) is 0 Å². The van der Waals surface area contributed by atoms with Crippen LogP contribution in [0.2, 0.25) is 5.02 Å². The zero-order valence-corrected chi connectivity index (χ0v) is 14.8. The predicted octanol–water partition coefficient (Wildman–Crippen LogP) is 5.14. The van der Waals surface area contributed by atoms with E-state index >= 15 is 0 Å². The van der Waals surface area contributed by atoms with Crippen molar-refractivity contribution in [3.8, 4) is 0 Å². The second-order valence-corrected chi connectivity index (χ2v) is 6.55. The number of carbonyl (C=O) groups excluding carboxylic acids is 1. The van der Waals surface area contributed by atoms with Crippen molar-refractivity contribution in [3.63, 3.8) is 0 Å². The van der Waals surface area contributed by atoms with Crippen LogP contribution in [0.4, 0.5) is 23.1 Å². The highest BCUT2D eigenvalue weighted by atomic mass is 35.5. The zero-order chi connectivity index (χ0) is 17.9. The van der Waals surface area contributed by atoms with Crippen molar-refractivity contribution in [1.29, 1.82) is 0 Å². The third kappa shape index (κ3) is 3.53. The van der Waals surface area contributed by atoms with Crippen LogP contribution in [0.1, 0.15) is 28.9 Å². The summed E-state index contributed by atoms with van der Waals surface area (Å²) in [5, 5.41) is 7.12. The van der Waals surface area contributed by atoms with E-state index < -0.39 is 0 Å². The number of rotatable bonds is 4. The van der Waals surface area contributed by atoms with Crippen LogP contribution in [-0.4, -0.2) is 15.8 Å². The lowest BCUT2D eigenvalue weighted by Gasteiger charge is -2.19. The van der Waals surface area contributed by atoms with Crippen LogP contribution >= 0.6 is 11.6 Å². The van der Waals surface area contributed by atoms with E-state index in [2.05, 4.69) is 20.6 Å². The molecule has 1 aliphatic rings. The third-order valence-corrected chi connectivity index (χ3v) is 4.47. The lowest BCUT2D eigenvalue weighted by atomic mass is 9.95. The second kappa shape index (κ2) is 7.14. The Hall–Kier alpha value is -2.92. The number of halogens is 1. The molecule has 1 aromatic heterocycles. The zero-order valence-electron chi connectivity index (χ0n) is 14.0. The molecule has 1 heterocycles. The van der Waals surface area contributed by atoms with E-state index in [-0.39, 0.29) is 5.78 Å². The molecule has 0 aliphatic heterocycles. The Morgan fingerprint density at radius 1 is 0.846 bits per heavy atom. The normalized spacial score (nSPS) is 13.2. The number of Topliss-reactive ketones (excluding diaryl/α,β-unsaturated/α-hetero) is 1. The summed E-state index contributed by atoms with van der Waals surface area (Å²) in [5.41, 5.74) is 3.10. The van der Waals surface area contributed by atoms with Crippen LogP contribution in [0.15, 0.2) is 54.6 Å². The summed E-state index contributed by atoms with van der Waals surface area (Å²) in [6, 6.07) is 17.0. The van der Waals surface area contributed by atoms with E-state index in [9.17, 15) is 4.79 Å². The highest BCUT2D eigenvalue weighted by Gasteiger charge is 2.24. The highest BCUT2D eigenvalue weighted by molar-refractivity contribution is 6.30. The highest BCUT2D eigenvalue weighted by Crippen LogP contribution is 2.29. The van der Waals surface area contributed by atoms with Crippen LogP contribution in [0, 0.1) is 0 Å². The van der Waals surface area contributed by atoms with Gasteiger partial charge in [0, 0.05) is 22.8 Å². The average molecular weight is 365 g/mol. The minimum Gasteiger partial charge on any atom is -0.339 e. The van der Waals surface area contributed by atoms with Gasteiger partial charge in [0.05, 0.1) is 11.3 Å². The van der Waals surface area contributed by atoms with Crippen molar-refractivity contribution in [3.05, 3.63) is 70.9 Å². The fourth-order valence-corrected chi connectivity index (χ4v) is 3.12. The van der Waals surface area contributed by atoms with Crippen LogP contribution in [-0.2, 0) is 6.42 Å². The van der Waals surface area contributed by atoms with Crippen molar-refractivity contribution >= 4 is 40.5 Å². The molecule has 2 aromatic carbocycles. The van der Waals surface area contributed by atoms with Gasteiger partial charge in [-0.1, -0.05) is 29.8 Å². The molecule has 0 amide bonds. The topological polar surface area (TPSA) is 66.9 Å². The van der Waals surface area contributed by atoms with Gasteiger partial charge in [-0.15, -0.1) is 0 Å². The molecule has 26 heavy (non-hydrogen) atoms. The smallest absolute Gasteiger partial charge is 0.229 e. The molecule has 2 N–H and O–H groups in total. The molecule has 0 fully saturated rings. The summed E-state index contributed by atoms with van der Waals surface area (Å²) in [4.78, 5) is 21.6. The number of hydrogen-bond donors (Lipinski definition) is 2. The van der Waals surface area contributed by atoms with Gasteiger partial charge in [0.15, 0.2) is 5.78 Å². The number of aromatic nitrogens is 2. The number of hydrogen-bond acceptors (Lipinski definition) is 5. The maximum Gasteiger partial charge on any atom is 0.229 e. The minimum absolute atomic E-state index is 0.0859. The van der Waals surface area contributed by atoms with E-state index in [0.29, 0.717) is 28.8 Å². The Morgan fingerprint density at radius 2 is 1.58 bits per heavy atom. The molecular formula is C20H17ClN4O. The largest absolute Gasteiger partial charge is 0.339 e. The Balaban J connectivity index is 1.72. The van der Waals surface area contributed by atoms with E-state index in [0.717, 1.165) is 29.9 Å². The number of ketones is 1. The van der Waals surface area contributed by atoms with Gasteiger partial charge >= 0.3 is 0 Å². The van der Waals surface area contributed by atoms with E-state index in [1.165, 1.54) is 0 Å². The summed E-state index contributed by atoms with van der Waals surface area (Å²) in [6.07, 6.45) is 2.11. The molecule has 1 aliphatic carbocycles. The number of nitrogens with one attached hydrogen (secondary N) is 2. The minimum atomic E-state index is 0.0859. The number of nitrogens with zero attached hydrogens (tertiary/aromatic N) is 2. The SMILES string of the molecule is O=C1CCCc2nc(Nc3ccc(Cl)cc3)nc(Nc3ccccc3)c21. The first-order chi connectivity index (χ1) is 12.7. The first-order valence-electron chi connectivity index (χ1n) is 8.48. The predicted molar refractivity (Wildman–Crippen MR) is 104 cm³/mol. The number of carbonyl (C=O) groups is 1. The molecule has 4 rings (SSSR count). The molecule has 0 saturated carbocycles. The molecule has 0 radical (unpaired) electrons. The second-order valence-electron chi connectivity index (χ2n) is 6.12. The molecule has 0 spiro atoms. The standard InChI is InChI=1S/C20H17ClN4O/c21-13-9-11-15(12-10-13)23-20-24-16-7-4-8-17(26)18(16)19(25-20)22-14-5-2-1-3-6-14/h1-3,5-6,9-12H,4,7-8H2,(H2,22,23,24,25). The van der Waals surface area contributed by atoms with E-state index in [4.69, 9.17) is 11.6 Å². The van der Waals surface area contributed by atoms with Gasteiger partial charge in [-0.2, -0.15) is 4.98 Å². The maximum absolute atomic E-state index is 12.4. The monoisotopic (exact) mass is 364 g/mol. The quantitative estimate of drug-likeness (QED) is 0.671. The summed E-state index contributed by atoms with van der Waals surface area (Å²) in [6.45, 7) is 0. The number of fused-ring (bicyclic) bond motifs is 1. The molecule has 0 bridgehead atoms. The number of para-hydroxylation sites is 1. The van der Waals surface area contributed by atoms with Gasteiger partial charge < -0.3 is 10.6 Å². The number of aryl methyl sites for hydroxylation is 1. The number of benzene rings is 2. The Kier molecular flexibility index (Phi) is 4.54. The van der Waals surface area contributed by atoms with Crippen LogP contribution < -0.4 is 10.6 Å². The maximum atomic E-state index is 12.4. The third-order valence-electron chi connectivity index (χ3n) is 4.22. The molecular weight excluding hydrogens is 348 g/mol. The van der Waals surface area contributed by atoms with Gasteiger partial charge in [0.25, 0.3) is 0 Å². The number of anilines is 4. The molecule has 0 unspecified atom stereocenters. The van der Waals surface area contributed by atoms with E-state index in [1.807, 2.05) is 42.5 Å². The van der Waals surface area contributed by atoms with Gasteiger partial charge in [-0.05, 0) is 49.2 Å². The molecule has 0 saturated heterocycles. The van der Waals surface area contributed by atoms with Gasteiger partial charge in [-0.25, -0.2) is 4.98 Å². The fraction of sp³-hybridized carbons (Fsp3) is 0.150. The van der Waals surface area contributed by atoms with E-state index in [1.54, 1.807) is 12.1 Å². The first kappa shape index (κ1) is 16.5. The van der Waals surface area contributed by atoms with Crippen molar-refractivity contribution in [1.82, 2.24) is 9.97 Å². The Morgan fingerprint density at radius 3 is 2.35 bits per heavy atom. The van der Waals surface area contributed by atoms with Gasteiger partial charge in [-0.3, -0.25) is 4.79 Å². The molecule has 5 nitrogen and oxygen atoms in total. The molecule has 130 valence electrons. The Labute approximate surface area is 156 Å². The molecule has 0 atom stereocenters.